The van der Waals surface area contributed by atoms with Gasteiger partial charge in [-0.3, -0.25) is 4.79 Å². The Hall–Kier alpha value is -1.66. The van der Waals surface area contributed by atoms with Crippen LogP contribution in [0.15, 0.2) is 18.2 Å². The number of nitrogens with zero attached hydrogens (tertiary/aromatic N) is 1. The Morgan fingerprint density at radius 3 is 2.89 bits per heavy atom. The fourth-order valence-corrected chi connectivity index (χ4v) is 2.12. The van der Waals surface area contributed by atoms with Crippen LogP contribution in [0.1, 0.15) is 23.2 Å². The van der Waals surface area contributed by atoms with E-state index in [9.17, 15) is 4.79 Å². The third kappa shape index (κ3) is 3.42. The van der Waals surface area contributed by atoms with E-state index in [2.05, 4.69) is 5.92 Å². The minimum Gasteiger partial charge on any atom is -0.496 e. The monoisotopic (exact) mass is 277 g/mol. The first kappa shape index (κ1) is 13.8. The molecule has 1 aromatic rings. The number of hydrogen-bond donors (Lipinski definition) is 0. The second kappa shape index (κ2) is 5.99. The summed E-state index contributed by atoms with van der Waals surface area (Å²) in [5, 5.41) is 0.541. The molecule has 0 heterocycles. The lowest BCUT2D eigenvalue weighted by atomic mass is 10.1. The third-order valence-electron chi connectivity index (χ3n) is 3.14. The Kier molecular flexibility index (Phi) is 4.34. The molecule has 100 valence electrons. The van der Waals surface area contributed by atoms with Gasteiger partial charge in [-0.05, 0) is 37.0 Å². The van der Waals surface area contributed by atoms with E-state index < -0.39 is 0 Å². The molecule has 0 unspecified atom stereocenters. The van der Waals surface area contributed by atoms with Crippen molar-refractivity contribution in [1.29, 1.82) is 0 Å². The molecule has 1 aliphatic rings. The molecule has 0 N–H and O–H groups in total. The molecule has 0 radical (unpaired) electrons. The van der Waals surface area contributed by atoms with Gasteiger partial charge in [0.05, 0.1) is 19.2 Å². The Balaban J connectivity index is 2.22. The van der Waals surface area contributed by atoms with Gasteiger partial charge in [0.2, 0.25) is 0 Å². The van der Waals surface area contributed by atoms with Crippen molar-refractivity contribution >= 4 is 17.5 Å². The normalized spacial score (nSPS) is 13.7. The maximum absolute atomic E-state index is 12.5. The quantitative estimate of drug-likeness (QED) is 0.775. The van der Waals surface area contributed by atoms with Crippen LogP contribution in [0.25, 0.3) is 0 Å². The van der Waals surface area contributed by atoms with Crippen LogP contribution in [-0.4, -0.2) is 31.0 Å². The first-order valence-electron chi connectivity index (χ1n) is 6.22. The number of ether oxygens (including phenoxy) is 1. The maximum atomic E-state index is 12.5. The van der Waals surface area contributed by atoms with E-state index in [1.807, 2.05) is 0 Å². The number of methoxy groups -OCH3 is 1. The molecule has 1 aliphatic carbocycles. The van der Waals surface area contributed by atoms with Crippen molar-refractivity contribution in [2.24, 2.45) is 5.92 Å². The summed E-state index contributed by atoms with van der Waals surface area (Å²) in [5.74, 6) is 3.51. The van der Waals surface area contributed by atoms with Gasteiger partial charge in [-0.15, -0.1) is 6.42 Å². The van der Waals surface area contributed by atoms with E-state index in [0.29, 0.717) is 28.8 Å². The summed E-state index contributed by atoms with van der Waals surface area (Å²) >= 11 is 5.90. The van der Waals surface area contributed by atoms with Crippen molar-refractivity contribution in [2.45, 2.75) is 12.8 Å². The summed E-state index contributed by atoms with van der Waals surface area (Å²) in [6, 6.07) is 5.00. The van der Waals surface area contributed by atoms with Crippen LogP contribution < -0.4 is 4.74 Å². The highest BCUT2D eigenvalue weighted by Crippen LogP contribution is 2.31. The molecule has 0 saturated heterocycles. The second-order valence-corrected chi connectivity index (χ2v) is 5.11. The molecule has 0 aliphatic heterocycles. The summed E-state index contributed by atoms with van der Waals surface area (Å²) in [6.07, 6.45) is 7.69. The summed E-state index contributed by atoms with van der Waals surface area (Å²) < 4.78 is 5.21. The first-order chi connectivity index (χ1) is 9.15. The average molecular weight is 278 g/mol. The van der Waals surface area contributed by atoms with E-state index in [1.54, 1.807) is 23.1 Å². The molecule has 0 spiro atoms. The number of carbonyl (C=O) groups is 1. The molecule has 1 fully saturated rings. The summed E-state index contributed by atoms with van der Waals surface area (Å²) in [4.78, 5) is 14.2. The molecule has 2 rings (SSSR count). The van der Waals surface area contributed by atoms with Crippen LogP contribution >= 0.6 is 11.6 Å². The molecule has 19 heavy (non-hydrogen) atoms. The van der Waals surface area contributed by atoms with E-state index in [1.165, 1.54) is 20.0 Å². The predicted molar refractivity (Wildman–Crippen MR) is 75.5 cm³/mol. The topological polar surface area (TPSA) is 29.5 Å². The van der Waals surface area contributed by atoms with E-state index >= 15 is 0 Å². The number of terminal acetylenes is 1. The van der Waals surface area contributed by atoms with Crippen molar-refractivity contribution in [1.82, 2.24) is 4.90 Å². The van der Waals surface area contributed by atoms with Crippen molar-refractivity contribution in [3.63, 3.8) is 0 Å². The van der Waals surface area contributed by atoms with Crippen LogP contribution in [0, 0.1) is 18.3 Å². The van der Waals surface area contributed by atoms with Crippen molar-refractivity contribution < 1.29 is 9.53 Å². The lowest BCUT2D eigenvalue weighted by Gasteiger charge is -2.21. The molecule has 1 saturated carbocycles. The van der Waals surface area contributed by atoms with Crippen LogP contribution in [-0.2, 0) is 0 Å². The molecule has 3 nitrogen and oxygen atoms in total. The zero-order valence-electron chi connectivity index (χ0n) is 10.9. The van der Waals surface area contributed by atoms with Gasteiger partial charge in [0.25, 0.3) is 5.91 Å². The molecule has 1 amide bonds. The van der Waals surface area contributed by atoms with Gasteiger partial charge in [-0.25, -0.2) is 0 Å². The number of carbonyl (C=O) groups excluding carboxylic acids is 1. The Morgan fingerprint density at radius 2 is 2.32 bits per heavy atom. The van der Waals surface area contributed by atoms with Crippen LogP contribution in [0.5, 0.6) is 5.75 Å². The smallest absolute Gasteiger partial charge is 0.258 e. The summed E-state index contributed by atoms with van der Waals surface area (Å²) in [5.41, 5.74) is 0.503. The highest BCUT2D eigenvalue weighted by molar-refractivity contribution is 6.30. The Bertz CT molecular complexity index is 517. The number of halogens is 1. The van der Waals surface area contributed by atoms with E-state index in [0.717, 1.165) is 6.54 Å². The van der Waals surface area contributed by atoms with Gasteiger partial charge in [-0.1, -0.05) is 17.5 Å². The van der Waals surface area contributed by atoms with Crippen molar-refractivity contribution in [3.8, 4) is 18.1 Å². The van der Waals surface area contributed by atoms with Crippen LogP contribution in [0.4, 0.5) is 0 Å². The summed E-state index contributed by atoms with van der Waals surface area (Å²) in [7, 11) is 1.52. The van der Waals surface area contributed by atoms with Gasteiger partial charge in [0, 0.05) is 11.6 Å². The SMILES string of the molecule is C#CCN(CC1CC1)C(=O)c1ccc(Cl)cc1OC. The average Bonchev–Trinajstić information content (AvgIpc) is 3.21. The second-order valence-electron chi connectivity index (χ2n) is 4.68. The van der Waals surface area contributed by atoms with Gasteiger partial charge < -0.3 is 9.64 Å². The number of rotatable bonds is 5. The van der Waals surface area contributed by atoms with E-state index in [-0.39, 0.29) is 5.91 Å². The summed E-state index contributed by atoms with van der Waals surface area (Å²) in [6.45, 7) is 1.04. The standard InChI is InChI=1S/C15H16ClNO2/c1-3-8-17(10-11-4-5-11)15(18)13-7-6-12(16)9-14(13)19-2/h1,6-7,9,11H,4-5,8,10H2,2H3. The van der Waals surface area contributed by atoms with Gasteiger partial charge in [0.1, 0.15) is 5.75 Å². The number of hydrogen-bond acceptors (Lipinski definition) is 2. The van der Waals surface area contributed by atoms with Crippen LogP contribution in [0.3, 0.4) is 0 Å². The Morgan fingerprint density at radius 1 is 1.58 bits per heavy atom. The lowest BCUT2D eigenvalue weighted by molar-refractivity contribution is 0.0766. The van der Waals surface area contributed by atoms with Crippen molar-refractivity contribution in [3.05, 3.63) is 28.8 Å². The Labute approximate surface area is 118 Å². The largest absolute Gasteiger partial charge is 0.496 e. The minimum absolute atomic E-state index is 0.0987. The fraction of sp³-hybridized carbons (Fsp3) is 0.400. The molecule has 1 aromatic carbocycles. The van der Waals surface area contributed by atoms with Crippen molar-refractivity contribution in [2.75, 3.05) is 20.2 Å². The third-order valence-corrected chi connectivity index (χ3v) is 3.37. The van der Waals surface area contributed by atoms with Gasteiger partial charge >= 0.3 is 0 Å². The molecule has 0 bridgehead atoms. The van der Waals surface area contributed by atoms with Gasteiger partial charge in [-0.2, -0.15) is 0 Å². The first-order valence-corrected chi connectivity index (χ1v) is 6.59. The molecular formula is C15H16ClNO2. The fourth-order valence-electron chi connectivity index (χ4n) is 1.95. The molecule has 0 aromatic heterocycles. The highest BCUT2D eigenvalue weighted by Gasteiger charge is 2.28. The predicted octanol–water partition coefficient (Wildman–Crippen LogP) is 2.83. The zero-order chi connectivity index (χ0) is 13.8. The van der Waals surface area contributed by atoms with Gasteiger partial charge in [0.15, 0.2) is 0 Å². The highest BCUT2D eigenvalue weighted by atomic mass is 35.5. The number of amides is 1. The molecule has 0 atom stereocenters. The minimum atomic E-state index is -0.0987. The molecule has 4 heteroatoms. The van der Waals surface area contributed by atoms with E-state index in [4.69, 9.17) is 22.8 Å². The maximum Gasteiger partial charge on any atom is 0.258 e. The lowest BCUT2D eigenvalue weighted by Crippen LogP contribution is -2.33. The van der Waals surface area contributed by atoms with Crippen LogP contribution in [0.2, 0.25) is 5.02 Å². The molecular weight excluding hydrogens is 262 g/mol. The number of benzene rings is 1. The zero-order valence-corrected chi connectivity index (χ0v) is 11.6.